The number of rotatable bonds is 4. The second kappa shape index (κ2) is 6.53. The molecular weight excluding hydrogens is 331 g/mol. The van der Waals surface area contributed by atoms with E-state index in [1.54, 1.807) is 23.5 Å². The summed E-state index contributed by atoms with van der Waals surface area (Å²) in [5, 5.41) is 2.56. The number of halogens is 3. The predicted molar refractivity (Wildman–Crippen MR) is 81.4 cm³/mol. The van der Waals surface area contributed by atoms with Crippen LogP contribution in [0.1, 0.15) is 11.4 Å². The molecule has 0 saturated heterocycles. The number of thiazole rings is 1. The van der Waals surface area contributed by atoms with Crippen LogP contribution in [-0.2, 0) is 9.59 Å². The average Bonchev–Trinajstić information content (AvgIpc) is 2.82. The smallest absolute Gasteiger partial charge is 0.347 e. The molecule has 9 heteroatoms. The van der Waals surface area contributed by atoms with Gasteiger partial charge in [0.2, 0.25) is 11.8 Å². The summed E-state index contributed by atoms with van der Waals surface area (Å²) in [7, 11) is 1.47. The van der Waals surface area contributed by atoms with Gasteiger partial charge in [0, 0.05) is 12.7 Å². The quantitative estimate of drug-likeness (QED) is 0.867. The second-order valence-electron chi connectivity index (χ2n) is 4.91. The molecule has 0 aliphatic rings. The fourth-order valence-corrected chi connectivity index (χ4v) is 2.76. The summed E-state index contributed by atoms with van der Waals surface area (Å²) in [6.07, 6.45) is -5.15. The summed E-state index contributed by atoms with van der Waals surface area (Å²) < 4.78 is 36.9. The molecule has 0 spiro atoms. The molecule has 2 amide bonds. The van der Waals surface area contributed by atoms with E-state index in [-0.39, 0.29) is 0 Å². The highest BCUT2D eigenvalue weighted by molar-refractivity contribution is 7.18. The molecule has 2 rings (SSSR count). The molecule has 1 aromatic heterocycles. The topological polar surface area (TPSA) is 62.3 Å². The highest BCUT2D eigenvalue weighted by Crippen LogP contribution is 2.26. The van der Waals surface area contributed by atoms with Crippen molar-refractivity contribution in [1.82, 2.24) is 10.3 Å². The minimum absolute atomic E-state index is 0.551. The van der Waals surface area contributed by atoms with Crippen molar-refractivity contribution in [1.29, 1.82) is 0 Å². The first kappa shape index (κ1) is 17.2. The van der Waals surface area contributed by atoms with Crippen molar-refractivity contribution >= 4 is 39.1 Å². The molecule has 0 bridgehead atoms. The van der Waals surface area contributed by atoms with Gasteiger partial charge >= 0.3 is 6.18 Å². The molecule has 0 fully saturated rings. The Morgan fingerprint density at radius 3 is 2.70 bits per heavy atom. The van der Waals surface area contributed by atoms with Crippen LogP contribution in [0, 0.1) is 6.92 Å². The lowest BCUT2D eigenvalue weighted by Crippen LogP contribution is -2.37. The van der Waals surface area contributed by atoms with Gasteiger partial charge in [0.25, 0.3) is 0 Å². The molecule has 0 radical (unpaired) electrons. The van der Waals surface area contributed by atoms with Crippen LogP contribution in [0.25, 0.3) is 10.2 Å². The van der Waals surface area contributed by atoms with Crippen LogP contribution in [-0.4, -0.2) is 36.6 Å². The maximum atomic E-state index is 12.0. The number of hydrogen-bond acceptors (Lipinski definition) is 4. The largest absolute Gasteiger partial charge is 0.405 e. The van der Waals surface area contributed by atoms with Gasteiger partial charge < -0.3 is 10.2 Å². The zero-order valence-corrected chi connectivity index (χ0v) is 13.2. The summed E-state index contributed by atoms with van der Waals surface area (Å²) >= 11 is 1.47. The van der Waals surface area contributed by atoms with Gasteiger partial charge in [-0.3, -0.25) is 9.59 Å². The Bertz CT molecular complexity index is 742. The first-order valence-corrected chi connectivity index (χ1v) is 7.44. The molecule has 2 aromatic rings. The molecule has 0 aliphatic heterocycles. The molecule has 1 aromatic carbocycles. The number of amides is 2. The maximum absolute atomic E-state index is 12.0. The third-order valence-corrected chi connectivity index (χ3v) is 3.97. The van der Waals surface area contributed by atoms with Crippen LogP contribution in [0.2, 0.25) is 0 Å². The molecule has 1 N–H and O–H groups in total. The van der Waals surface area contributed by atoms with Crippen molar-refractivity contribution in [3.8, 4) is 0 Å². The van der Waals surface area contributed by atoms with E-state index in [1.165, 1.54) is 23.3 Å². The van der Waals surface area contributed by atoms with Crippen LogP contribution in [0.3, 0.4) is 0 Å². The Balaban J connectivity index is 2.01. The number of carbonyl (C=O) groups excluding carboxylic acids is 2. The zero-order chi connectivity index (χ0) is 17.2. The van der Waals surface area contributed by atoms with Crippen molar-refractivity contribution in [2.75, 3.05) is 18.5 Å². The fraction of sp³-hybridized carbons (Fsp3) is 0.357. The minimum atomic E-state index is -4.50. The Morgan fingerprint density at radius 1 is 1.35 bits per heavy atom. The molecule has 0 atom stereocenters. The van der Waals surface area contributed by atoms with Gasteiger partial charge in [-0.1, -0.05) is 0 Å². The molecule has 0 aliphatic carbocycles. The lowest BCUT2D eigenvalue weighted by Gasteiger charge is -2.17. The first-order valence-electron chi connectivity index (χ1n) is 6.63. The van der Waals surface area contributed by atoms with Crippen LogP contribution >= 0.6 is 11.3 Å². The van der Waals surface area contributed by atoms with Crippen molar-refractivity contribution in [3.05, 3.63) is 23.2 Å². The first-order chi connectivity index (χ1) is 10.7. The number of anilines is 1. The fourth-order valence-electron chi connectivity index (χ4n) is 1.90. The Kier molecular flexibility index (Phi) is 4.88. The van der Waals surface area contributed by atoms with Crippen LogP contribution < -0.4 is 10.2 Å². The van der Waals surface area contributed by atoms with E-state index in [0.29, 0.717) is 5.69 Å². The maximum Gasteiger partial charge on any atom is 0.405 e. The molecule has 0 unspecified atom stereocenters. The number of aryl methyl sites for hydroxylation is 1. The van der Waals surface area contributed by atoms with Crippen LogP contribution in [0.4, 0.5) is 18.9 Å². The number of fused-ring (bicyclic) bond motifs is 1. The van der Waals surface area contributed by atoms with E-state index in [4.69, 9.17) is 0 Å². The van der Waals surface area contributed by atoms with Gasteiger partial charge in [0.05, 0.1) is 15.2 Å². The van der Waals surface area contributed by atoms with E-state index in [1.807, 2.05) is 6.92 Å². The summed E-state index contributed by atoms with van der Waals surface area (Å²) in [6, 6.07) is 5.18. The van der Waals surface area contributed by atoms with E-state index >= 15 is 0 Å². The Hall–Kier alpha value is -2.16. The lowest BCUT2D eigenvalue weighted by atomic mass is 10.2. The van der Waals surface area contributed by atoms with Gasteiger partial charge in [0.1, 0.15) is 13.0 Å². The summed E-state index contributed by atoms with van der Waals surface area (Å²) in [5.74, 6) is -1.56. The number of nitrogens with one attached hydrogen (secondary N) is 1. The zero-order valence-electron chi connectivity index (χ0n) is 12.4. The van der Waals surface area contributed by atoms with Crippen molar-refractivity contribution < 1.29 is 22.8 Å². The van der Waals surface area contributed by atoms with E-state index in [9.17, 15) is 22.8 Å². The monoisotopic (exact) mass is 345 g/mol. The van der Waals surface area contributed by atoms with Crippen molar-refractivity contribution in [2.45, 2.75) is 19.5 Å². The van der Waals surface area contributed by atoms with Gasteiger partial charge in [-0.05, 0) is 25.1 Å². The Labute approximate surface area is 134 Å². The van der Waals surface area contributed by atoms with Gasteiger partial charge in [0.15, 0.2) is 0 Å². The van der Waals surface area contributed by atoms with Crippen molar-refractivity contribution in [3.63, 3.8) is 0 Å². The summed E-state index contributed by atoms with van der Waals surface area (Å²) in [6.45, 7) is 0.416. The molecule has 0 saturated carbocycles. The highest BCUT2D eigenvalue weighted by atomic mass is 32.1. The number of carbonyl (C=O) groups is 2. The molecule has 5 nitrogen and oxygen atoms in total. The number of aromatic nitrogens is 1. The Morgan fingerprint density at radius 2 is 2.04 bits per heavy atom. The van der Waals surface area contributed by atoms with Gasteiger partial charge in [-0.25, -0.2) is 4.98 Å². The number of alkyl halides is 3. The SMILES string of the molecule is Cc1nc2ccc(N(C)C(=O)CC(=O)NCC(F)(F)F)cc2s1. The van der Waals surface area contributed by atoms with E-state index < -0.39 is 31.0 Å². The molecule has 124 valence electrons. The number of nitrogens with zero attached hydrogens (tertiary/aromatic N) is 2. The molecule has 1 heterocycles. The highest BCUT2D eigenvalue weighted by Gasteiger charge is 2.28. The van der Waals surface area contributed by atoms with Gasteiger partial charge in [-0.15, -0.1) is 11.3 Å². The van der Waals surface area contributed by atoms with Crippen molar-refractivity contribution in [2.24, 2.45) is 0 Å². The summed E-state index contributed by atoms with van der Waals surface area (Å²) in [5.41, 5.74) is 1.36. The molecular formula is C14H14F3N3O2S. The molecule has 23 heavy (non-hydrogen) atoms. The normalized spacial score (nSPS) is 11.5. The number of hydrogen-bond donors (Lipinski definition) is 1. The summed E-state index contributed by atoms with van der Waals surface area (Å²) in [4.78, 5) is 28.9. The lowest BCUT2D eigenvalue weighted by molar-refractivity contribution is -0.140. The van der Waals surface area contributed by atoms with Crippen LogP contribution in [0.5, 0.6) is 0 Å². The third-order valence-electron chi connectivity index (χ3n) is 3.04. The van der Waals surface area contributed by atoms with Crippen LogP contribution in [0.15, 0.2) is 18.2 Å². The third kappa shape index (κ3) is 4.65. The minimum Gasteiger partial charge on any atom is -0.347 e. The second-order valence-corrected chi connectivity index (χ2v) is 6.14. The van der Waals surface area contributed by atoms with Gasteiger partial charge in [-0.2, -0.15) is 13.2 Å². The average molecular weight is 345 g/mol. The standard InChI is InChI=1S/C14H14F3N3O2S/c1-8-19-10-4-3-9(5-11(10)23-8)20(2)13(22)6-12(21)18-7-14(15,16)17/h3-5H,6-7H2,1-2H3,(H,18,21). The van der Waals surface area contributed by atoms with E-state index in [0.717, 1.165) is 15.2 Å². The predicted octanol–water partition coefficient (Wildman–Crippen LogP) is 2.64. The number of benzene rings is 1. The van der Waals surface area contributed by atoms with E-state index in [2.05, 4.69) is 4.98 Å².